The predicted octanol–water partition coefficient (Wildman–Crippen LogP) is 1.29. The van der Waals surface area contributed by atoms with Gasteiger partial charge in [0.05, 0.1) is 5.75 Å². The van der Waals surface area contributed by atoms with Crippen molar-refractivity contribution in [1.82, 2.24) is 14.3 Å². The number of aromatic nitrogens is 2. The molecule has 6 nitrogen and oxygen atoms in total. The molecule has 2 rings (SSSR count). The highest BCUT2D eigenvalue weighted by atomic mass is 32.2. The standard InChI is InChI=1S/C13H22N4O2S/c1-4-20(18,19)17-8-11(9-17)7-15-12-5-6-14-13(16-12)10(2)3/h5-6,10-11H,4,7-9H2,1-3H3,(H,14,15,16). The highest BCUT2D eigenvalue weighted by molar-refractivity contribution is 7.89. The lowest BCUT2D eigenvalue weighted by molar-refractivity contribution is 0.212. The van der Waals surface area contributed by atoms with E-state index in [9.17, 15) is 8.42 Å². The number of sulfonamides is 1. The first-order chi connectivity index (χ1) is 9.42. The molecule has 0 spiro atoms. The monoisotopic (exact) mass is 298 g/mol. The van der Waals surface area contributed by atoms with Crippen LogP contribution < -0.4 is 5.32 Å². The van der Waals surface area contributed by atoms with Crippen molar-refractivity contribution in [3.05, 3.63) is 18.1 Å². The third kappa shape index (κ3) is 3.46. The van der Waals surface area contributed by atoms with Gasteiger partial charge in [-0.1, -0.05) is 13.8 Å². The summed E-state index contributed by atoms with van der Waals surface area (Å²) in [4.78, 5) is 8.65. The van der Waals surface area contributed by atoms with E-state index >= 15 is 0 Å². The number of nitrogens with zero attached hydrogens (tertiary/aromatic N) is 3. The van der Waals surface area contributed by atoms with Crippen molar-refractivity contribution in [2.45, 2.75) is 26.7 Å². The molecule has 0 atom stereocenters. The van der Waals surface area contributed by atoms with E-state index in [-0.39, 0.29) is 5.75 Å². The van der Waals surface area contributed by atoms with Crippen molar-refractivity contribution >= 4 is 15.8 Å². The first-order valence-corrected chi connectivity index (χ1v) is 8.58. The van der Waals surface area contributed by atoms with Crippen LogP contribution in [0.1, 0.15) is 32.5 Å². The molecule has 1 aliphatic heterocycles. The summed E-state index contributed by atoms with van der Waals surface area (Å²) in [7, 11) is -3.02. The largest absolute Gasteiger partial charge is 0.370 e. The van der Waals surface area contributed by atoms with Gasteiger partial charge in [-0.2, -0.15) is 0 Å². The van der Waals surface area contributed by atoms with Crippen molar-refractivity contribution in [1.29, 1.82) is 0 Å². The van der Waals surface area contributed by atoms with Gasteiger partial charge in [-0.15, -0.1) is 0 Å². The topological polar surface area (TPSA) is 75.2 Å². The van der Waals surface area contributed by atoms with E-state index in [1.54, 1.807) is 17.4 Å². The highest BCUT2D eigenvalue weighted by Gasteiger charge is 2.34. The zero-order valence-corrected chi connectivity index (χ0v) is 13.0. The summed E-state index contributed by atoms with van der Waals surface area (Å²) < 4.78 is 24.8. The van der Waals surface area contributed by atoms with Crippen molar-refractivity contribution in [2.75, 3.05) is 30.7 Å². The Hall–Kier alpha value is -1.21. The van der Waals surface area contributed by atoms with E-state index in [1.165, 1.54) is 0 Å². The smallest absolute Gasteiger partial charge is 0.213 e. The Balaban J connectivity index is 1.82. The fourth-order valence-electron chi connectivity index (χ4n) is 2.06. The molecule has 1 aliphatic rings. The Labute approximate surface area is 120 Å². The number of hydrogen-bond acceptors (Lipinski definition) is 5. The SMILES string of the molecule is CCS(=O)(=O)N1CC(CNc2ccnc(C(C)C)n2)C1. The fourth-order valence-corrected chi connectivity index (χ4v) is 3.30. The zero-order valence-electron chi connectivity index (χ0n) is 12.2. The molecule has 20 heavy (non-hydrogen) atoms. The molecule has 1 saturated heterocycles. The predicted molar refractivity (Wildman–Crippen MR) is 79.1 cm³/mol. The summed E-state index contributed by atoms with van der Waals surface area (Å²) in [5.41, 5.74) is 0. The Bertz CT molecular complexity index is 553. The Morgan fingerprint density at radius 3 is 2.75 bits per heavy atom. The minimum atomic E-state index is -3.02. The van der Waals surface area contributed by atoms with Gasteiger partial charge in [0.1, 0.15) is 11.6 Å². The van der Waals surface area contributed by atoms with Crippen LogP contribution in [0.25, 0.3) is 0 Å². The second-order valence-corrected chi connectivity index (χ2v) is 7.68. The molecule has 0 aliphatic carbocycles. The highest BCUT2D eigenvalue weighted by Crippen LogP contribution is 2.20. The van der Waals surface area contributed by atoms with Crippen LogP contribution in [0.15, 0.2) is 12.3 Å². The van der Waals surface area contributed by atoms with Crippen LogP contribution in [-0.2, 0) is 10.0 Å². The van der Waals surface area contributed by atoms with Crippen molar-refractivity contribution in [3.63, 3.8) is 0 Å². The summed E-state index contributed by atoms with van der Waals surface area (Å²) in [5, 5.41) is 3.26. The van der Waals surface area contributed by atoms with E-state index < -0.39 is 10.0 Å². The second-order valence-electron chi connectivity index (χ2n) is 5.42. The molecule has 0 bridgehead atoms. The van der Waals surface area contributed by atoms with Gasteiger partial charge >= 0.3 is 0 Å². The van der Waals surface area contributed by atoms with E-state index in [4.69, 9.17) is 0 Å². The summed E-state index contributed by atoms with van der Waals surface area (Å²) in [6.45, 7) is 7.73. The molecule has 0 radical (unpaired) electrons. The van der Waals surface area contributed by atoms with E-state index in [0.717, 1.165) is 18.2 Å². The molecule has 1 aromatic heterocycles. The quantitative estimate of drug-likeness (QED) is 0.856. The summed E-state index contributed by atoms with van der Waals surface area (Å²) in [5.74, 6) is 2.45. The van der Waals surface area contributed by atoms with Gasteiger partial charge in [0.15, 0.2) is 0 Å². The summed E-state index contributed by atoms with van der Waals surface area (Å²) in [6.07, 6.45) is 1.75. The molecular formula is C13H22N4O2S. The first kappa shape index (κ1) is 15.2. The summed E-state index contributed by atoms with van der Waals surface area (Å²) >= 11 is 0. The molecule has 1 fully saturated rings. The molecule has 0 unspecified atom stereocenters. The van der Waals surface area contributed by atoms with Gasteiger partial charge < -0.3 is 5.32 Å². The Morgan fingerprint density at radius 1 is 1.45 bits per heavy atom. The van der Waals surface area contributed by atoms with Crippen molar-refractivity contribution in [2.24, 2.45) is 5.92 Å². The van der Waals surface area contributed by atoms with Gasteiger partial charge in [-0.05, 0) is 13.0 Å². The molecule has 1 aromatic rings. The van der Waals surface area contributed by atoms with E-state index in [0.29, 0.717) is 24.9 Å². The lowest BCUT2D eigenvalue weighted by Gasteiger charge is -2.38. The molecule has 7 heteroatoms. The number of anilines is 1. The van der Waals surface area contributed by atoms with Crippen LogP contribution in [0, 0.1) is 5.92 Å². The van der Waals surface area contributed by atoms with E-state index in [1.807, 2.05) is 6.07 Å². The van der Waals surface area contributed by atoms with Crippen LogP contribution in [-0.4, -0.2) is 48.1 Å². The van der Waals surface area contributed by atoms with Gasteiger partial charge in [0.2, 0.25) is 10.0 Å². The first-order valence-electron chi connectivity index (χ1n) is 6.97. The summed E-state index contributed by atoms with van der Waals surface area (Å²) in [6, 6.07) is 1.84. The third-order valence-electron chi connectivity index (χ3n) is 3.44. The average molecular weight is 298 g/mol. The van der Waals surface area contributed by atoms with Crippen LogP contribution >= 0.6 is 0 Å². The molecule has 1 N–H and O–H groups in total. The Morgan fingerprint density at radius 2 is 2.15 bits per heavy atom. The van der Waals surface area contributed by atoms with Crippen LogP contribution in [0.4, 0.5) is 5.82 Å². The maximum Gasteiger partial charge on any atom is 0.213 e. The molecular weight excluding hydrogens is 276 g/mol. The zero-order chi connectivity index (χ0) is 14.8. The number of rotatable bonds is 6. The fraction of sp³-hybridized carbons (Fsp3) is 0.692. The maximum absolute atomic E-state index is 11.6. The van der Waals surface area contributed by atoms with Crippen LogP contribution in [0.3, 0.4) is 0 Å². The molecule has 0 saturated carbocycles. The Kier molecular flexibility index (Phi) is 4.59. The normalized spacial score (nSPS) is 17.2. The molecule has 112 valence electrons. The minimum Gasteiger partial charge on any atom is -0.370 e. The maximum atomic E-state index is 11.6. The van der Waals surface area contributed by atoms with Gasteiger partial charge in [0, 0.05) is 37.7 Å². The molecule has 0 amide bonds. The van der Waals surface area contributed by atoms with Crippen LogP contribution in [0.2, 0.25) is 0 Å². The van der Waals surface area contributed by atoms with Gasteiger partial charge in [-0.3, -0.25) is 0 Å². The van der Waals surface area contributed by atoms with Crippen molar-refractivity contribution < 1.29 is 8.42 Å². The third-order valence-corrected chi connectivity index (χ3v) is 5.26. The lowest BCUT2D eigenvalue weighted by atomic mass is 10.0. The van der Waals surface area contributed by atoms with Gasteiger partial charge in [0.25, 0.3) is 0 Å². The lowest BCUT2D eigenvalue weighted by Crippen LogP contribution is -2.52. The average Bonchev–Trinajstić information content (AvgIpc) is 2.37. The van der Waals surface area contributed by atoms with Gasteiger partial charge in [-0.25, -0.2) is 22.7 Å². The van der Waals surface area contributed by atoms with E-state index in [2.05, 4.69) is 29.1 Å². The number of nitrogens with one attached hydrogen (secondary N) is 1. The van der Waals surface area contributed by atoms with Crippen molar-refractivity contribution in [3.8, 4) is 0 Å². The minimum absolute atomic E-state index is 0.177. The number of hydrogen-bond donors (Lipinski definition) is 1. The second kappa shape index (κ2) is 6.05. The van der Waals surface area contributed by atoms with Crippen LogP contribution in [0.5, 0.6) is 0 Å². The molecule has 2 heterocycles. The molecule has 0 aromatic carbocycles.